The molecule has 0 radical (unpaired) electrons. The van der Waals surface area contributed by atoms with Gasteiger partial charge in [-0.25, -0.2) is 0 Å². The van der Waals surface area contributed by atoms with E-state index in [1.54, 1.807) is 0 Å². The Kier molecular flexibility index (Phi) is 4.64. The molecule has 2 rings (SSSR count). The Bertz CT molecular complexity index is 351. The predicted molar refractivity (Wildman–Crippen MR) is 82.2 cm³/mol. The molecule has 4 heteroatoms. The van der Waals surface area contributed by atoms with Gasteiger partial charge in [0.15, 0.2) is 0 Å². The predicted octanol–water partition coefficient (Wildman–Crippen LogP) is 3.57. The first kappa shape index (κ1) is 12.4. The Morgan fingerprint density at radius 3 is 3.00 bits per heavy atom. The minimum Gasteiger partial charge on any atom is -0.397 e. The lowest BCUT2D eigenvalue weighted by molar-refractivity contribution is 0.677. The molecule has 1 unspecified atom stereocenters. The number of benzene rings is 1. The summed E-state index contributed by atoms with van der Waals surface area (Å²) in [4.78, 5) is 0. The van der Waals surface area contributed by atoms with Gasteiger partial charge < -0.3 is 11.1 Å². The summed E-state index contributed by atoms with van der Waals surface area (Å²) in [6, 6.07) is 6.18. The van der Waals surface area contributed by atoms with Gasteiger partial charge in [-0.3, -0.25) is 0 Å². The lowest BCUT2D eigenvalue weighted by atomic mass is 10.2. The van der Waals surface area contributed by atoms with Crippen LogP contribution in [0.25, 0.3) is 0 Å². The number of anilines is 2. The fourth-order valence-corrected chi connectivity index (χ4v) is 3.64. The molecule has 1 aliphatic heterocycles. The highest BCUT2D eigenvalue weighted by Crippen LogP contribution is 2.26. The summed E-state index contributed by atoms with van der Waals surface area (Å²) < 4.78 is 1.19. The summed E-state index contributed by atoms with van der Waals surface area (Å²) in [5.74, 6) is 1.31. The third kappa shape index (κ3) is 3.45. The first-order valence-corrected chi connectivity index (χ1v) is 7.79. The number of hydrogen-bond acceptors (Lipinski definition) is 3. The average Bonchev–Trinajstić information content (AvgIpc) is 2.29. The van der Waals surface area contributed by atoms with E-state index < -0.39 is 0 Å². The molecule has 0 spiro atoms. The van der Waals surface area contributed by atoms with Crippen LogP contribution in [0.4, 0.5) is 11.4 Å². The monoisotopic (exact) mass is 348 g/mol. The highest BCUT2D eigenvalue weighted by atomic mass is 127. The van der Waals surface area contributed by atoms with E-state index >= 15 is 0 Å². The van der Waals surface area contributed by atoms with Gasteiger partial charge >= 0.3 is 0 Å². The summed E-state index contributed by atoms with van der Waals surface area (Å²) in [5, 5.41) is 4.22. The van der Waals surface area contributed by atoms with E-state index in [0.29, 0.717) is 0 Å². The van der Waals surface area contributed by atoms with Crippen LogP contribution in [0.5, 0.6) is 0 Å². The molecule has 1 heterocycles. The molecule has 0 saturated carbocycles. The van der Waals surface area contributed by atoms with E-state index in [-0.39, 0.29) is 0 Å². The van der Waals surface area contributed by atoms with Gasteiger partial charge in [-0.2, -0.15) is 11.8 Å². The topological polar surface area (TPSA) is 38.0 Å². The third-order valence-corrected chi connectivity index (χ3v) is 4.88. The van der Waals surface area contributed by atoms with Crippen LogP contribution < -0.4 is 11.1 Å². The maximum Gasteiger partial charge on any atom is 0.0575 e. The Morgan fingerprint density at radius 1 is 1.44 bits per heavy atom. The van der Waals surface area contributed by atoms with Crippen LogP contribution in [0.2, 0.25) is 0 Å². The van der Waals surface area contributed by atoms with E-state index in [0.717, 1.165) is 23.2 Å². The molecular formula is C12H17IN2S. The molecule has 1 saturated heterocycles. The zero-order valence-electron chi connectivity index (χ0n) is 9.21. The van der Waals surface area contributed by atoms with Gasteiger partial charge in [-0.1, -0.05) is 6.42 Å². The summed E-state index contributed by atoms with van der Waals surface area (Å²) >= 11 is 4.37. The number of thioether (sulfide) groups is 1. The number of nitrogens with two attached hydrogens (primary N) is 1. The molecule has 0 amide bonds. The van der Waals surface area contributed by atoms with Crippen LogP contribution in [0.3, 0.4) is 0 Å². The van der Waals surface area contributed by atoms with Crippen molar-refractivity contribution in [2.75, 3.05) is 23.3 Å². The smallest absolute Gasteiger partial charge is 0.0575 e. The van der Waals surface area contributed by atoms with Crippen molar-refractivity contribution < 1.29 is 0 Å². The molecule has 0 aliphatic carbocycles. The second-order valence-electron chi connectivity index (χ2n) is 4.10. The second kappa shape index (κ2) is 6.00. The number of hydrogen-bond donors (Lipinski definition) is 2. The Labute approximate surface area is 115 Å². The van der Waals surface area contributed by atoms with Crippen molar-refractivity contribution in [2.45, 2.75) is 24.5 Å². The molecule has 1 aromatic carbocycles. The number of rotatable bonds is 3. The van der Waals surface area contributed by atoms with E-state index in [4.69, 9.17) is 5.73 Å². The van der Waals surface area contributed by atoms with Gasteiger partial charge in [0, 0.05) is 15.4 Å². The van der Waals surface area contributed by atoms with Crippen molar-refractivity contribution in [3.63, 3.8) is 0 Å². The van der Waals surface area contributed by atoms with Crippen LogP contribution in [0.1, 0.15) is 19.3 Å². The Hall–Kier alpha value is -0.100. The van der Waals surface area contributed by atoms with Crippen LogP contribution in [-0.4, -0.2) is 17.5 Å². The first-order valence-electron chi connectivity index (χ1n) is 5.66. The van der Waals surface area contributed by atoms with Gasteiger partial charge in [-0.05, 0) is 59.4 Å². The maximum atomic E-state index is 5.96. The van der Waals surface area contributed by atoms with Crippen molar-refractivity contribution in [1.82, 2.24) is 0 Å². The third-order valence-electron chi connectivity index (χ3n) is 2.81. The Balaban J connectivity index is 1.88. The fourth-order valence-electron chi connectivity index (χ4n) is 1.89. The Morgan fingerprint density at radius 2 is 2.31 bits per heavy atom. The number of halogens is 1. The van der Waals surface area contributed by atoms with Crippen LogP contribution in [0.15, 0.2) is 18.2 Å². The van der Waals surface area contributed by atoms with Crippen molar-refractivity contribution >= 4 is 45.7 Å². The van der Waals surface area contributed by atoms with Gasteiger partial charge in [0.2, 0.25) is 0 Å². The molecule has 1 fully saturated rings. The van der Waals surface area contributed by atoms with Crippen LogP contribution >= 0.6 is 34.4 Å². The average molecular weight is 348 g/mol. The highest BCUT2D eigenvalue weighted by molar-refractivity contribution is 14.1. The minimum absolute atomic E-state index is 0.757. The lowest BCUT2D eigenvalue weighted by Crippen LogP contribution is -2.20. The van der Waals surface area contributed by atoms with Crippen molar-refractivity contribution in [3.05, 3.63) is 21.8 Å². The zero-order valence-corrected chi connectivity index (χ0v) is 12.2. The molecule has 2 nitrogen and oxygen atoms in total. The largest absolute Gasteiger partial charge is 0.397 e. The summed E-state index contributed by atoms with van der Waals surface area (Å²) in [6.45, 7) is 1.04. The minimum atomic E-state index is 0.757. The molecule has 1 aliphatic rings. The van der Waals surface area contributed by atoms with Crippen molar-refractivity contribution in [1.29, 1.82) is 0 Å². The molecule has 3 N–H and O–H groups in total. The summed E-state index contributed by atoms with van der Waals surface area (Å²) in [5.41, 5.74) is 7.89. The van der Waals surface area contributed by atoms with E-state index in [2.05, 4.69) is 51.8 Å². The molecule has 1 aromatic rings. The van der Waals surface area contributed by atoms with Crippen LogP contribution in [-0.2, 0) is 0 Å². The molecular weight excluding hydrogens is 331 g/mol. The zero-order chi connectivity index (χ0) is 11.4. The van der Waals surface area contributed by atoms with E-state index in [1.165, 1.54) is 28.6 Å². The van der Waals surface area contributed by atoms with E-state index in [1.807, 2.05) is 6.07 Å². The van der Waals surface area contributed by atoms with Crippen molar-refractivity contribution in [3.8, 4) is 0 Å². The van der Waals surface area contributed by atoms with Crippen molar-refractivity contribution in [2.24, 2.45) is 0 Å². The van der Waals surface area contributed by atoms with E-state index in [9.17, 15) is 0 Å². The normalized spacial score (nSPS) is 20.7. The maximum absolute atomic E-state index is 5.96. The van der Waals surface area contributed by atoms with Gasteiger partial charge in [0.25, 0.3) is 0 Å². The van der Waals surface area contributed by atoms with Gasteiger partial charge in [0.05, 0.1) is 11.4 Å². The summed E-state index contributed by atoms with van der Waals surface area (Å²) in [6.07, 6.45) is 4.09. The van der Waals surface area contributed by atoms with Crippen LogP contribution in [0, 0.1) is 3.57 Å². The standard InChI is InChI=1S/C12H17IN2S/c13-9-4-5-12(11(14)7-9)15-8-10-3-1-2-6-16-10/h4-5,7,10,15H,1-3,6,8,14H2. The summed E-state index contributed by atoms with van der Waals surface area (Å²) in [7, 11) is 0. The van der Waals surface area contributed by atoms with Gasteiger partial charge in [-0.15, -0.1) is 0 Å². The number of nitrogens with one attached hydrogen (secondary N) is 1. The molecule has 88 valence electrons. The molecule has 16 heavy (non-hydrogen) atoms. The van der Waals surface area contributed by atoms with Gasteiger partial charge in [0.1, 0.15) is 0 Å². The first-order chi connectivity index (χ1) is 7.75. The number of nitrogen functional groups attached to an aromatic ring is 1. The fraction of sp³-hybridized carbons (Fsp3) is 0.500. The molecule has 0 bridgehead atoms. The second-order valence-corrected chi connectivity index (χ2v) is 6.75. The lowest BCUT2D eigenvalue weighted by Gasteiger charge is -2.22. The molecule has 1 atom stereocenters. The quantitative estimate of drug-likeness (QED) is 0.648. The molecule has 0 aromatic heterocycles. The SMILES string of the molecule is Nc1cc(I)ccc1NCC1CCCCS1. The highest BCUT2D eigenvalue weighted by Gasteiger charge is 2.13.